The van der Waals surface area contributed by atoms with Gasteiger partial charge in [-0.1, -0.05) is 15.9 Å². The van der Waals surface area contributed by atoms with Gasteiger partial charge >= 0.3 is 0 Å². The van der Waals surface area contributed by atoms with Gasteiger partial charge in [0.15, 0.2) is 6.61 Å². The number of non-ortho nitro benzene ring substituents is 1. The molecule has 0 fully saturated rings. The minimum Gasteiger partial charge on any atom is -0.506 e. The number of carbonyl (C=O) groups is 1. The molecule has 2 rings (SSSR count). The zero-order chi connectivity index (χ0) is 18.4. The number of aromatic hydroxyl groups is 1. The summed E-state index contributed by atoms with van der Waals surface area (Å²) < 4.78 is 6.41. The van der Waals surface area contributed by atoms with E-state index in [1.807, 2.05) is 0 Å². The molecular formula is C15H11Br2N3O5. The van der Waals surface area contributed by atoms with Gasteiger partial charge in [-0.25, -0.2) is 5.43 Å². The topological polar surface area (TPSA) is 114 Å². The zero-order valence-electron chi connectivity index (χ0n) is 12.5. The number of carbonyl (C=O) groups excluding carboxylic acids is 1. The first-order valence-corrected chi connectivity index (χ1v) is 8.32. The molecule has 0 aromatic heterocycles. The third kappa shape index (κ3) is 5.54. The maximum Gasteiger partial charge on any atom is 0.277 e. The Morgan fingerprint density at radius 3 is 2.64 bits per heavy atom. The fourth-order valence-corrected chi connectivity index (χ4v) is 2.96. The number of amides is 1. The second kappa shape index (κ2) is 8.58. The van der Waals surface area contributed by atoms with Crippen LogP contribution in [0.1, 0.15) is 5.56 Å². The number of hydrazone groups is 1. The lowest BCUT2D eigenvalue weighted by atomic mass is 10.2. The number of hydrogen-bond acceptors (Lipinski definition) is 6. The van der Waals surface area contributed by atoms with Crippen molar-refractivity contribution in [1.29, 1.82) is 0 Å². The molecule has 0 bridgehead atoms. The Morgan fingerprint density at radius 1 is 1.32 bits per heavy atom. The Kier molecular flexibility index (Phi) is 6.48. The Hall–Kier alpha value is -2.46. The van der Waals surface area contributed by atoms with E-state index >= 15 is 0 Å². The molecule has 2 aromatic rings. The zero-order valence-corrected chi connectivity index (χ0v) is 15.7. The maximum absolute atomic E-state index is 11.7. The highest BCUT2D eigenvalue weighted by Crippen LogP contribution is 2.30. The van der Waals surface area contributed by atoms with Gasteiger partial charge in [0, 0.05) is 22.2 Å². The second-order valence-electron chi connectivity index (χ2n) is 4.66. The average Bonchev–Trinajstić information content (AvgIpc) is 2.57. The summed E-state index contributed by atoms with van der Waals surface area (Å²) in [7, 11) is 0. The number of phenols is 1. The molecule has 0 spiro atoms. The molecule has 2 aromatic carbocycles. The Labute approximate surface area is 158 Å². The normalized spacial score (nSPS) is 10.6. The predicted molar refractivity (Wildman–Crippen MR) is 97.8 cm³/mol. The molecule has 0 saturated carbocycles. The summed E-state index contributed by atoms with van der Waals surface area (Å²) in [6.45, 7) is -0.316. The molecule has 25 heavy (non-hydrogen) atoms. The number of rotatable bonds is 6. The van der Waals surface area contributed by atoms with E-state index in [0.29, 0.717) is 15.8 Å². The lowest BCUT2D eigenvalue weighted by molar-refractivity contribution is -0.384. The smallest absolute Gasteiger partial charge is 0.277 e. The molecule has 0 aliphatic carbocycles. The van der Waals surface area contributed by atoms with Crippen LogP contribution >= 0.6 is 31.9 Å². The van der Waals surface area contributed by atoms with Crippen molar-refractivity contribution in [1.82, 2.24) is 5.43 Å². The monoisotopic (exact) mass is 471 g/mol. The van der Waals surface area contributed by atoms with Crippen LogP contribution in [0.5, 0.6) is 11.5 Å². The first-order valence-electron chi connectivity index (χ1n) is 6.74. The van der Waals surface area contributed by atoms with Gasteiger partial charge in [-0.2, -0.15) is 5.10 Å². The number of nitrogens with one attached hydrogen (secondary N) is 1. The highest BCUT2D eigenvalue weighted by atomic mass is 79.9. The quantitative estimate of drug-likeness (QED) is 0.380. The summed E-state index contributed by atoms with van der Waals surface area (Å²) in [5.74, 6) is -0.218. The van der Waals surface area contributed by atoms with Gasteiger partial charge in [0.05, 0.1) is 15.6 Å². The van der Waals surface area contributed by atoms with Gasteiger partial charge in [0.2, 0.25) is 0 Å². The SMILES string of the molecule is O=C(COc1ccc([N+](=O)[O-])cc1)NN=Cc1cc(Br)cc(Br)c1O. The summed E-state index contributed by atoms with van der Waals surface area (Å²) in [5.41, 5.74) is 2.59. The van der Waals surface area contributed by atoms with Crippen LogP contribution in [0.25, 0.3) is 0 Å². The molecule has 1 amide bonds. The van der Waals surface area contributed by atoms with E-state index in [1.54, 1.807) is 12.1 Å². The molecule has 0 saturated heterocycles. The Balaban J connectivity index is 1.87. The van der Waals surface area contributed by atoms with E-state index in [2.05, 4.69) is 42.4 Å². The van der Waals surface area contributed by atoms with Crippen LogP contribution in [-0.4, -0.2) is 28.8 Å². The van der Waals surface area contributed by atoms with Crippen LogP contribution in [0.2, 0.25) is 0 Å². The molecule has 0 aliphatic rings. The van der Waals surface area contributed by atoms with E-state index < -0.39 is 10.8 Å². The molecule has 2 N–H and O–H groups in total. The molecule has 0 unspecified atom stereocenters. The second-order valence-corrected chi connectivity index (χ2v) is 6.43. The minimum absolute atomic E-state index is 0.0108. The lowest BCUT2D eigenvalue weighted by Gasteiger charge is -2.05. The molecular weight excluding hydrogens is 462 g/mol. The van der Waals surface area contributed by atoms with E-state index in [-0.39, 0.29) is 18.0 Å². The van der Waals surface area contributed by atoms with Crippen molar-refractivity contribution in [3.05, 3.63) is 61.0 Å². The molecule has 130 valence electrons. The number of halogens is 2. The molecule has 0 atom stereocenters. The molecule has 0 radical (unpaired) electrons. The van der Waals surface area contributed by atoms with Crippen molar-refractivity contribution >= 4 is 49.7 Å². The summed E-state index contributed by atoms with van der Waals surface area (Å²) in [5, 5.41) is 24.1. The molecule has 0 aliphatic heterocycles. The summed E-state index contributed by atoms with van der Waals surface area (Å²) in [4.78, 5) is 21.7. The summed E-state index contributed by atoms with van der Waals surface area (Å²) in [6.07, 6.45) is 1.29. The average molecular weight is 473 g/mol. The number of nitro benzene ring substituents is 1. The number of nitrogens with zero attached hydrogens (tertiary/aromatic N) is 2. The number of phenolic OH excluding ortho intramolecular Hbond substituents is 1. The predicted octanol–water partition coefficient (Wildman–Crippen LogP) is 3.35. The fraction of sp³-hybridized carbons (Fsp3) is 0.0667. The third-order valence-corrected chi connectivity index (χ3v) is 3.93. The van der Waals surface area contributed by atoms with E-state index in [9.17, 15) is 20.0 Å². The van der Waals surface area contributed by atoms with Crippen molar-refractivity contribution in [2.45, 2.75) is 0 Å². The van der Waals surface area contributed by atoms with Crippen LogP contribution < -0.4 is 10.2 Å². The van der Waals surface area contributed by atoms with Gasteiger partial charge in [-0.3, -0.25) is 14.9 Å². The number of ether oxygens (including phenoxy) is 1. The summed E-state index contributed by atoms with van der Waals surface area (Å²) >= 11 is 6.47. The van der Waals surface area contributed by atoms with Gasteiger partial charge in [-0.05, 0) is 40.2 Å². The van der Waals surface area contributed by atoms with Crippen molar-refractivity contribution < 1.29 is 19.6 Å². The van der Waals surface area contributed by atoms with Crippen LogP contribution in [0, 0.1) is 10.1 Å². The van der Waals surface area contributed by atoms with Crippen molar-refractivity contribution in [2.75, 3.05) is 6.61 Å². The Bertz CT molecular complexity index is 825. The van der Waals surface area contributed by atoms with Crippen LogP contribution in [0.4, 0.5) is 5.69 Å². The van der Waals surface area contributed by atoms with Crippen molar-refractivity contribution in [3.8, 4) is 11.5 Å². The highest BCUT2D eigenvalue weighted by molar-refractivity contribution is 9.11. The Morgan fingerprint density at radius 2 is 2.00 bits per heavy atom. The van der Waals surface area contributed by atoms with E-state index in [0.717, 1.165) is 4.47 Å². The lowest BCUT2D eigenvalue weighted by Crippen LogP contribution is -2.24. The van der Waals surface area contributed by atoms with Gasteiger partial charge in [0.1, 0.15) is 11.5 Å². The standard InChI is InChI=1S/C15H11Br2N3O5/c16-10-5-9(15(22)13(17)6-10)7-18-19-14(21)8-25-12-3-1-11(2-4-12)20(23)24/h1-7,22H,8H2,(H,19,21). The maximum atomic E-state index is 11.7. The molecule has 8 nitrogen and oxygen atoms in total. The minimum atomic E-state index is -0.527. The van der Waals surface area contributed by atoms with Gasteiger partial charge in [0.25, 0.3) is 11.6 Å². The molecule has 0 heterocycles. The molecule has 10 heteroatoms. The van der Waals surface area contributed by atoms with Crippen molar-refractivity contribution in [3.63, 3.8) is 0 Å². The van der Waals surface area contributed by atoms with Gasteiger partial charge in [-0.15, -0.1) is 0 Å². The first kappa shape index (κ1) is 18.9. The number of nitro groups is 1. The van der Waals surface area contributed by atoms with Crippen molar-refractivity contribution in [2.24, 2.45) is 5.10 Å². The van der Waals surface area contributed by atoms with E-state index in [1.165, 1.54) is 30.5 Å². The third-order valence-electron chi connectivity index (χ3n) is 2.87. The first-order chi connectivity index (χ1) is 11.9. The van der Waals surface area contributed by atoms with Crippen LogP contribution in [0.15, 0.2) is 50.4 Å². The van der Waals surface area contributed by atoms with Crippen LogP contribution in [0.3, 0.4) is 0 Å². The number of hydrogen-bond donors (Lipinski definition) is 2. The fourth-order valence-electron chi connectivity index (χ4n) is 1.70. The van der Waals surface area contributed by atoms with Gasteiger partial charge < -0.3 is 9.84 Å². The number of benzene rings is 2. The van der Waals surface area contributed by atoms with Crippen LogP contribution in [-0.2, 0) is 4.79 Å². The highest BCUT2D eigenvalue weighted by Gasteiger charge is 2.07. The summed E-state index contributed by atoms with van der Waals surface area (Å²) in [6, 6.07) is 8.64. The van der Waals surface area contributed by atoms with E-state index in [4.69, 9.17) is 4.74 Å². The largest absolute Gasteiger partial charge is 0.506 e.